The molecule has 0 radical (unpaired) electrons. The molecule has 4 rings (SSSR count). The first-order valence-electron chi connectivity index (χ1n) is 6.45. The Bertz CT molecular complexity index is 742. The van der Waals surface area contributed by atoms with Gasteiger partial charge in [-0.05, 0) is 24.6 Å². The Balaban J connectivity index is 1.65. The van der Waals surface area contributed by atoms with Gasteiger partial charge in [-0.1, -0.05) is 0 Å². The summed E-state index contributed by atoms with van der Waals surface area (Å²) in [6.07, 6.45) is 4.61. The van der Waals surface area contributed by atoms with E-state index >= 15 is 0 Å². The van der Waals surface area contributed by atoms with Crippen molar-refractivity contribution in [1.29, 1.82) is 0 Å². The largest absolute Gasteiger partial charge is 0.416 e. The Hall–Kier alpha value is -1.38. The summed E-state index contributed by atoms with van der Waals surface area (Å²) in [4.78, 5) is 5.65. The van der Waals surface area contributed by atoms with Crippen molar-refractivity contribution in [2.45, 2.75) is 42.6 Å². The molecule has 3 aromatic heterocycles. The number of imidazole rings is 1. The molecule has 0 aromatic carbocycles. The van der Waals surface area contributed by atoms with Crippen LogP contribution in [0.4, 0.5) is 0 Å². The highest BCUT2D eigenvalue weighted by atomic mass is 32.2. The van der Waals surface area contributed by atoms with Crippen LogP contribution < -0.4 is 5.32 Å². The van der Waals surface area contributed by atoms with Gasteiger partial charge in [0.05, 0.1) is 5.69 Å². The van der Waals surface area contributed by atoms with E-state index in [9.17, 15) is 0 Å². The van der Waals surface area contributed by atoms with Crippen molar-refractivity contribution >= 4 is 28.1 Å². The molecule has 0 amide bonds. The smallest absolute Gasteiger partial charge is 0.282 e. The average Bonchev–Trinajstić information content (AvgIpc) is 2.83. The van der Waals surface area contributed by atoms with Gasteiger partial charge in [0.25, 0.3) is 5.22 Å². The van der Waals surface area contributed by atoms with Crippen LogP contribution in [-0.4, -0.2) is 25.6 Å². The molecular formula is C12H13N5OS2. The van der Waals surface area contributed by atoms with Gasteiger partial charge in [0.2, 0.25) is 5.89 Å². The number of nitrogens with one attached hydrogen (secondary N) is 1. The van der Waals surface area contributed by atoms with Crippen molar-refractivity contribution in [2.24, 2.45) is 0 Å². The summed E-state index contributed by atoms with van der Waals surface area (Å²) in [5.41, 5.74) is 1.16. The zero-order valence-corrected chi connectivity index (χ0v) is 12.5. The fraction of sp³-hybridized carbons (Fsp3) is 0.417. The van der Waals surface area contributed by atoms with E-state index in [0.717, 1.165) is 22.2 Å². The Morgan fingerprint density at radius 1 is 1.50 bits per heavy atom. The zero-order chi connectivity index (χ0) is 13.5. The fourth-order valence-electron chi connectivity index (χ4n) is 1.99. The molecule has 3 aromatic rings. The van der Waals surface area contributed by atoms with Gasteiger partial charge in [-0.3, -0.25) is 4.40 Å². The highest BCUT2D eigenvalue weighted by molar-refractivity contribution is 7.99. The molecule has 0 spiro atoms. The number of fused-ring (bicyclic) bond motifs is 1. The van der Waals surface area contributed by atoms with E-state index in [1.165, 1.54) is 24.6 Å². The number of aromatic nitrogens is 4. The Kier molecular flexibility index (Phi) is 3.01. The van der Waals surface area contributed by atoms with Crippen molar-refractivity contribution < 1.29 is 4.42 Å². The fourth-order valence-corrected chi connectivity index (χ4v) is 3.61. The third-order valence-corrected chi connectivity index (χ3v) is 4.77. The average molecular weight is 307 g/mol. The van der Waals surface area contributed by atoms with Crippen LogP contribution in [0.25, 0.3) is 4.96 Å². The maximum Gasteiger partial charge on any atom is 0.282 e. The second-order valence-electron chi connectivity index (χ2n) is 4.76. The monoisotopic (exact) mass is 307 g/mol. The van der Waals surface area contributed by atoms with Gasteiger partial charge in [0.15, 0.2) is 4.96 Å². The van der Waals surface area contributed by atoms with Crippen LogP contribution in [0.1, 0.15) is 24.4 Å². The number of rotatable bonds is 5. The number of thiazole rings is 1. The van der Waals surface area contributed by atoms with Gasteiger partial charge in [0.1, 0.15) is 5.03 Å². The highest BCUT2D eigenvalue weighted by Crippen LogP contribution is 2.31. The van der Waals surface area contributed by atoms with E-state index in [2.05, 4.69) is 31.1 Å². The molecule has 0 saturated heterocycles. The maximum atomic E-state index is 5.43. The van der Waals surface area contributed by atoms with Gasteiger partial charge in [0, 0.05) is 31.1 Å². The molecule has 6 nitrogen and oxygen atoms in total. The quantitative estimate of drug-likeness (QED) is 0.781. The molecule has 20 heavy (non-hydrogen) atoms. The van der Waals surface area contributed by atoms with Crippen molar-refractivity contribution in [1.82, 2.24) is 24.9 Å². The van der Waals surface area contributed by atoms with Crippen LogP contribution in [0, 0.1) is 6.92 Å². The molecule has 1 aliphatic rings. The highest BCUT2D eigenvalue weighted by Gasteiger charge is 2.23. The molecule has 1 saturated carbocycles. The van der Waals surface area contributed by atoms with E-state index < -0.39 is 0 Å². The number of hydrogen-bond donors (Lipinski definition) is 1. The SMILES string of the molecule is Cc1nnc(Sc2nc3sccn3c2CNC2CC2)o1. The summed E-state index contributed by atoms with van der Waals surface area (Å²) in [5.74, 6) is 0.575. The van der Waals surface area contributed by atoms with E-state index in [1.807, 2.05) is 5.38 Å². The summed E-state index contributed by atoms with van der Waals surface area (Å²) in [6.45, 7) is 2.61. The van der Waals surface area contributed by atoms with Gasteiger partial charge < -0.3 is 9.73 Å². The summed E-state index contributed by atoms with van der Waals surface area (Å²) >= 11 is 3.06. The third-order valence-electron chi connectivity index (χ3n) is 3.15. The van der Waals surface area contributed by atoms with E-state index in [-0.39, 0.29) is 0 Å². The second-order valence-corrected chi connectivity index (χ2v) is 6.58. The summed E-state index contributed by atoms with van der Waals surface area (Å²) in [7, 11) is 0. The minimum Gasteiger partial charge on any atom is -0.416 e. The summed E-state index contributed by atoms with van der Waals surface area (Å²) < 4.78 is 7.56. The van der Waals surface area contributed by atoms with Gasteiger partial charge in [-0.25, -0.2) is 4.98 Å². The molecule has 0 bridgehead atoms. The molecule has 8 heteroatoms. The van der Waals surface area contributed by atoms with Gasteiger partial charge in [-0.2, -0.15) is 0 Å². The number of hydrogen-bond acceptors (Lipinski definition) is 7. The minimum absolute atomic E-state index is 0.543. The lowest BCUT2D eigenvalue weighted by molar-refractivity contribution is 0.429. The summed E-state index contributed by atoms with van der Waals surface area (Å²) in [5, 5.41) is 14.9. The third kappa shape index (κ3) is 2.34. The normalized spacial score (nSPS) is 15.2. The first-order chi connectivity index (χ1) is 9.79. The predicted octanol–water partition coefficient (Wildman–Crippen LogP) is 2.49. The molecule has 1 N–H and O–H groups in total. The van der Waals surface area contributed by atoms with Crippen molar-refractivity contribution in [3.8, 4) is 0 Å². The second kappa shape index (κ2) is 4.87. The van der Waals surface area contributed by atoms with Crippen molar-refractivity contribution in [3.63, 3.8) is 0 Å². The summed E-state index contributed by atoms with van der Waals surface area (Å²) in [6, 6.07) is 0.669. The van der Waals surface area contributed by atoms with Crippen LogP contribution in [0.5, 0.6) is 0 Å². The van der Waals surface area contributed by atoms with Crippen LogP contribution in [0.2, 0.25) is 0 Å². The van der Waals surface area contributed by atoms with Crippen LogP contribution in [-0.2, 0) is 6.54 Å². The molecular weight excluding hydrogens is 294 g/mol. The van der Waals surface area contributed by atoms with Crippen LogP contribution >= 0.6 is 23.1 Å². The lowest BCUT2D eigenvalue weighted by atomic mass is 10.4. The lowest BCUT2D eigenvalue weighted by Crippen LogP contribution is -2.16. The molecule has 104 valence electrons. The molecule has 0 aliphatic heterocycles. The Morgan fingerprint density at radius 3 is 3.15 bits per heavy atom. The predicted molar refractivity (Wildman–Crippen MR) is 76.1 cm³/mol. The van der Waals surface area contributed by atoms with E-state index in [0.29, 0.717) is 17.2 Å². The van der Waals surface area contributed by atoms with E-state index in [4.69, 9.17) is 4.42 Å². The molecule has 1 aliphatic carbocycles. The minimum atomic E-state index is 0.543. The lowest BCUT2D eigenvalue weighted by Gasteiger charge is -2.03. The first kappa shape index (κ1) is 12.4. The van der Waals surface area contributed by atoms with Gasteiger partial charge >= 0.3 is 0 Å². The van der Waals surface area contributed by atoms with E-state index in [1.54, 1.807) is 18.3 Å². The zero-order valence-electron chi connectivity index (χ0n) is 10.9. The molecule has 3 heterocycles. The van der Waals surface area contributed by atoms with Gasteiger partial charge in [-0.15, -0.1) is 21.5 Å². The van der Waals surface area contributed by atoms with Crippen LogP contribution in [0.15, 0.2) is 26.2 Å². The topological polar surface area (TPSA) is 68.2 Å². The van der Waals surface area contributed by atoms with Crippen molar-refractivity contribution in [3.05, 3.63) is 23.2 Å². The maximum absolute atomic E-state index is 5.43. The Morgan fingerprint density at radius 2 is 2.40 bits per heavy atom. The molecule has 0 unspecified atom stereocenters. The molecule has 1 fully saturated rings. The first-order valence-corrected chi connectivity index (χ1v) is 8.15. The standard InChI is InChI=1S/C12H13N5OS2/c1-7-15-16-12(18-7)20-10-9(6-13-8-2-3-8)17-4-5-19-11(17)14-10/h4-5,8,13H,2-3,6H2,1H3. The number of aryl methyl sites for hydroxylation is 1. The Labute approximate surface area is 123 Å². The van der Waals surface area contributed by atoms with Crippen LogP contribution in [0.3, 0.4) is 0 Å². The molecule has 0 atom stereocenters. The number of nitrogens with zero attached hydrogens (tertiary/aromatic N) is 4. The van der Waals surface area contributed by atoms with Crippen molar-refractivity contribution in [2.75, 3.05) is 0 Å².